The highest BCUT2D eigenvalue weighted by molar-refractivity contribution is 6.17. The van der Waals surface area contributed by atoms with Crippen LogP contribution in [0.1, 0.15) is 16.4 Å². The molecule has 10 rings (SSSR count). The van der Waals surface area contributed by atoms with Crippen LogP contribution in [0.2, 0.25) is 0 Å². The molecule has 0 saturated carbocycles. The highest BCUT2D eigenvalue weighted by Crippen LogP contribution is 2.41. The minimum absolute atomic E-state index is 0.153. The van der Waals surface area contributed by atoms with Crippen LogP contribution in [0.15, 0.2) is 174 Å². The summed E-state index contributed by atoms with van der Waals surface area (Å²) >= 11 is 0. The molecule has 5 nitrogen and oxygen atoms in total. The molecule has 3 heterocycles. The van der Waals surface area contributed by atoms with Gasteiger partial charge in [-0.2, -0.15) is 0 Å². The number of aromatic nitrogens is 4. The second-order valence-corrected chi connectivity index (χ2v) is 11.5. The number of hydrogen-bond donors (Lipinski definition) is 0. The summed E-state index contributed by atoms with van der Waals surface area (Å²) in [5, 5.41) is 0.992. The van der Waals surface area contributed by atoms with E-state index in [2.05, 4.69) is 0 Å². The van der Waals surface area contributed by atoms with Crippen LogP contribution >= 0.6 is 0 Å². The van der Waals surface area contributed by atoms with Crippen LogP contribution in [0.4, 0.5) is 0 Å². The fraction of sp³-hybridized carbons (Fsp3) is 0. The zero-order valence-electron chi connectivity index (χ0n) is 37.9. The number of hydrogen-bond acceptors (Lipinski definition) is 4. The van der Waals surface area contributed by atoms with Crippen LogP contribution in [0.3, 0.4) is 0 Å². The molecule has 0 aliphatic carbocycles. The lowest BCUT2D eigenvalue weighted by atomic mass is 9.97. The number of benzene rings is 7. The van der Waals surface area contributed by atoms with Crippen molar-refractivity contribution in [1.29, 1.82) is 0 Å². The summed E-state index contributed by atoms with van der Waals surface area (Å²) in [6.45, 7) is 0. The third kappa shape index (κ3) is 4.52. The zero-order chi connectivity index (χ0) is 43.5. The van der Waals surface area contributed by atoms with Crippen LogP contribution in [-0.2, 0) is 0 Å². The van der Waals surface area contributed by atoms with Crippen LogP contribution < -0.4 is 0 Å². The maximum atomic E-state index is 9.44. The van der Waals surface area contributed by atoms with Gasteiger partial charge >= 0.3 is 0 Å². The Labute approximate surface area is 304 Å². The monoisotopic (exact) mass is 652 g/mol. The first-order valence-corrected chi connectivity index (χ1v) is 15.7. The first-order chi connectivity index (χ1) is 29.8. The van der Waals surface area contributed by atoms with Gasteiger partial charge in [0.25, 0.3) is 0 Å². The van der Waals surface area contributed by atoms with Crippen molar-refractivity contribution in [3.8, 4) is 51.0 Å². The van der Waals surface area contributed by atoms with Crippen LogP contribution in [-0.4, -0.2) is 19.5 Å². The Bertz CT molecular complexity index is 3450. The van der Waals surface area contributed by atoms with E-state index in [0.717, 1.165) is 21.1 Å². The van der Waals surface area contributed by atoms with Crippen molar-refractivity contribution in [3.05, 3.63) is 170 Å². The van der Waals surface area contributed by atoms with E-state index in [-0.39, 0.29) is 44.8 Å². The first-order valence-electron chi connectivity index (χ1n) is 21.7. The van der Waals surface area contributed by atoms with Gasteiger partial charge in [-0.25, -0.2) is 15.0 Å². The molecule has 0 bridgehead atoms. The van der Waals surface area contributed by atoms with E-state index in [1.54, 1.807) is 30.3 Å². The van der Waals surface area contributed by atoms with E-state index < -0.39 is 78.2 Å². The third-order valence-corrected chi connectivity index (χ3v) is 8.61. The summed E-state index contributed by atoms with van der Waals surface area (Å²) in [6, 6.07) is 22.3. The Kier molecular flexibility index (Phi) is 4.24. The number of para-hydroxylation sites is 2. The molecule has 0 aliphatic rings. The lowest BCUT2D eigenvalue weighted by Gasteiger charge is -2.11. The van der Waals surface area contributed by atoms with Gasteiger partial charge in [-0.3, -0.25) is 0 Å². The quantitative estimate of drug-likeness (QED) is 0.186. The molecule has 0 fully saturated rings. The molecule has 0 aliphatic heterocycles. The fourth-order valence-electron chi connectivity index (χ4n) is 6.41. The van der Waals surface area contributed by atoms with Gasteiger partial charge in [0.05, 0.1) is 27.5 Å². The van der Waals surface area contributed by atoms with E-state index in [1.165, 1.54) is 0 Å². The number of furan rings is 1. The highest BCUT2D eigenvalue weighted by atomic mass is 16.3. The molecule has 234 valence electrons. The zero-order valence-corrected chi connectivity index (χ0v) is 25.9. The molecule has 0 amide bonds. The minimum Gasteiger partial charge on any atom is -0.456 e. The van der Waals surface area contributed by atoms with E-state index in [1.807, 2.05) is 66.7 Å². The van der Waals surface area contributed by atoms with Crippen molar-refractivity contribution in [3.63, 3.8) is 0 Å². The summed E-state index contributed by atoms with van der Waals surface area (Å²) < 4.78 is 114. The molecule has 3 aromatic heterocycles. The van der Waals surface area contributed by atoms with Gasteiger partial charge in [0, 0.05) is 43.9 Å². The van der Waals surface area contributed by atoms with E-state index in [4.69, 9.17) is 30.3 Å². The SMILES string of the molecule is [2H]c1c([2H])c(-n2c3c([2H])c([2H])c([2H])c([2H])c3c3c([2H])c([2H])c([2H])c([2H])c32)c([2H])c([2H])c1-c1nc(-c2ccccc2)nc(-c2cccc3oc4cccc(-c5ccccc5)c4c23)n1. The van der Waals surface area contributed by atoms with Crippen LogP contribution in [0.25, 0.3) is 94.7 Å². The van der Waals surface area contributed by atoms with Crippen LogP contribution in [0.5, 0.6) is 0 Å². The second kappa shape index (κ2) is 11.4. The average molecular weight is 653 g/mol. The number of rotatable bonds is 5. The van der Waals surface area contributed by atoms with Gasteiger partial charge in [-0.05, 0) is 59.5 Å². The molecular weight excluding hydrogens is 613 g/mol. The Hall–Kier alpha value is -6.85. The largest absolute Gasteiger partial charge is 0.456 e. The van der Waals surface area contributed by atoms with Gasteiger partial charge in [0.1, 0.15) is 11.2 Å². The average Bonchev–Trinajstić information content (AvgIpc) is 3.86. The predicted octanol–water partition coefficient (Wildman–Crippen LogP) is 11.5. The lowest BCUT2D eigenvalue weighted by molar-refractivity contribution is 0.669. The predicted molar refractivity (Wildman–Crippen MR) is 203 cm³/mol. The molecule has 0 unspecified atom stereocenters. The van der Waals surface area contributed by atoms with Crippen molar-refractivity contribution in [2.45, 2.75) is 0 Å². The molecule has 50 heavy (non-hydrogen) atoms. The summed E-state index contributed by atoms with van der Waals surface area (Å²) in [5.41, 5.74) is 2.69. The molecule has 0 saturated heterocycles. The Morgan fingerprint density at radius 1 is 0.440 bits per heavy atom. The smallest absolute Gasteiger partial charge is 0.164 e. The Morgan fingerprint density at radius 3 is 1.60 bits per heavy atom. The summed E-state index contributed by atoms with van der Waals surface area (Å²) in [6.07, 6.45) is 0. The molecule has 0 radical (unpaired) electrons. The molecule has 5 heteroatoms. The van der Waals surface area contributed by atoms with Gasteiger partial charge in [0.2, 0.25) is 0 Å². The van der Waals surface area contributed by atoms with Crippen molar-refractivity contribution >= 4 is 43.7 Å². The number of nitrogens with zero attached hydrogens (tertiary/aromatic N) is 4. The summed E-state index contributed by atoms with van der Waals surface area (Å²) in [4.78, 5) is 14.5. The van der Waals surface area contributed by atoms with Crippen LogP contribution in [0, 0.1) is 0 Å². The van der Waals surface area contributed by atoms with Crippen molar-refractivity contribution in [2.75, 3.05) is 0 Å². The lowest BCUT2D eigenvalue weighted by Crippen LogP contribution is -2.01. The highest BCUT2D eigenvalue weighted by Gasteiger charge is 2.20. The third-order valence-electron chi connectivity index (χ3n) is 8.61. The second-order valence-electron chi connectivity index (χ2n) is 11.5. The van der Waals surface area contributed by atoms with E-state index >= 15 is 0 Å². The van der Waals surface area contributed by atoms with Gasteiger partial charge < -0.3 is 8.98 Å². The first kappa shape index (κ1) is 18.6. The number of fused-ring (bicyclic) bond motifs is 6. The summed E-state index contributed by atoms with van der Waals surface area (Å²) in [5.74, 6) is 0.130. The molecule has 7 aromatic carbocycles. The van der Waals surface area contributed by atoms with Gasteiger partial charge in [-0.1, -0.05) is 121 Å². The van der Waals surface area contributed by atoms with E-state index in [9.17, 15) is 5.48 Å². The molecule has 10 aromatic rings. The van der Waals surface area contributed by atoms with Crippen molar-refractivity contribution < 1.29 is 20.9 Å². The Morgan fingerprint density at radius 2 is 0.960 bits per heavy atom. The van der Waals surface area contributed by atoms with Gasteiger partial charge in [0.15, 0.2) is 17.5 Å². The topological polar surface area (TPSA) is 56.7 Å². The fourth-order valence-corrected chi connectivity index (χ4v) is 6.41. The standard InChI is InChI=1S/C45H28N4O/c1-3-13-29(14-4-1)33-19-11-23-39-41(33)42-36(20-12-24-40(42)50-39)45-47-43(30-15-5-2-6-16-30)46-44(48-45)31-25-27-32(28-26-31)49-37-21-9-7-17-34(37)35-18-8-10-22-38(35)49/h1-28H/i7D,8D,9D,10D,17D,18D,21D,22D,25D,26D,27D,28D. The Balaban J connectivity index is 1.28. The van der Waals surface area contributed by atoms with Crippen molar-refractivity contribution in [1.82, 2.24) is 19.5 Å². The van der Waals surface area contributed by atoms with E-state index in [0.29, 0.717) is 27.7 Å². The molecule has 0 spiro atoms. The molecule has 0 atom stereocenters. The maximum Gasteiger partial charge on any atom is 0.164 e. The maximum absolute atomic E-state index is 9.44. The van der Waals surface area contributed by atoms with Gasteiger partial charge in [-0.15, -0.1) is 0 Å². The normalized spacial score (nSPS) is 15.0. The summed E-state index contributed by atoms with van der Waals surface area (Å²) in [7, 11) is 0. The molecular formula is C45H28N4O. The minimum atomic E-state index is -0.684. The van der Waals surface area contributed by atoms with Crippen molar-refractivity contribution in [2.24, 2.45) is 0 Å². The molecule has 0 N–H and O–H groups in total.